The minimum absolute atomic E-state index is 0.139. The smallest absolute Gasteiger partial charge is 0.462 e. The lowest BCUT2D eigenvalue weighted by Crippen LogP contribution is -2.64. The van der Waals surface area contributed by atoms with Crippen LogP contribution < -0.4 is 14.6 Å². The number of hydrogen-bond donors (Lipinski definition) is 4. The number of esters is 1. The van der Waals surface area contributed by atoms with Crippen molar-refractivity contribution in [3.63, 3.8) is 0 Å². The van der Waals surface area contributed by atoms with E-state index in [4.69, 9.17) is 23.3 Å². The van der Waals surface area contributed by atoms with Gasteiger partial charge in [-0.2, -0.15) is 4.67 Å². The Kier molecular flexibility index (Phi) is 10.4. The molecule has 1 aromatic rings. The van der Waals surface area contributed by atoms with Crippen molar-refractivity contribution in [3.05, 3.63) is 24.3 Å². The molecule has 1 aromatic carbocycles. The van der Waals surface area contributed by atoms with Crippen LogP contribution in [0, 0.1) is 0 Å². The van der Waals surface area contributed by atoms with Gasteiger partial charge in [0.2, 0.25) is 5.91 Å². The van der Waals surface area contributed by atoms with Crippen LogP contribution in [0.25, 0.3) is 0 Å². The number of aliphatic hydroxyl groups excluding tert-OH is 3. The Morgan fingerprint density at radius 2 is 1.75 bits per heavy atom. The molecule has 4 rings (SSSR count). The molecule has 2 heterocycles. The fourth-order valence-electron chi connectivity index (χ4n) is 5.37. The second-order valence-corrected chi connectivity index (χ2v) is 12.1. The highest BCUT2D eigenvalue weighted by Gasteiger charge is 2.53. The number of nitrogens with one attached hydrogen (secondary N) is 1. The van der Waals surface area contributed by atoms with Gasteiger partial charge in [-0.15, -0.1) is 0 Å². The highest BCUT2D eigenvalue weighted by molar-refractivity contribution is 7.51. The second kappa shape index (κ2) is 13.6. The molecule has 13 nitrogen and oxygen atoms in total. The van der Waals surface area contributed by atoms with Crippen LogP contribution >= 0.6 is 7.75 Å². The van der Waals surface area contributed by atoms with Crippen molar-refractivity contribution >= 4 is 19.6 Å². The van der Waals surface area contributed by atoms with Crippen molar-refractivity contribution in [2.75, 3.05) is 20.3 Å². The van der Waals surface area contributed by atoms with E-state index in [0.29, 0.717) is 18.6 Å². The summed E-state index contributed by atoms with van der Waals surface area (Å²) >= 11 is 0. The molecule has 2 aliphatic heterocycles. The predicted octanol–water partition coefficient (Wildman–Crippen LogP) is 1.48. The van der Waals surface area contributed by atoms with Gasteiger partial charge in [-0.1, -0.05) is 6.42 Å². The molecular formula is C26H39N2O11P. The molecule has 40 heavy (non-hydrogen) atoms. The molecule has 3 fully saturated rings. The van der Waals surface area contributed by atoms with Gasteiger partial charge in [0.1, 0.15) is 48.0 Å². The Labute approximate surface area is 233 Å². The molecule has 2 saturated heterocycles. The normalized spacial score (nSPS) is 31.2. The van der Waals surface area contributed by atoms with Gasteiger partial charge in [0.05, 0.1) is 13.7 Å². The average Bonchev–Trinajstić information content (AvgIpc) is 3.45. The first-order valence-electron chi connectivity index (χ1n) is 13.6. The Morgan fingerprint density at radius 3 is 2.38 bits per heavy atom. The Balaban J connectivity index is 1.63. The monoisotopic (exact) mass is 586 g/mol. The molecule has 2 unspecified atom stereocenters. The van der Waals surface area contributed by atoms with Crippen LogP contribution in [0.5, 0.6) is 11.5 Å². The van der Waals surface area contributed by atoms with E-state index in [1.807, 2.05) is 0 Å². The molecule has 224 valence electrons. The number of hydrogen-bond acceptors (Lipinski definition) is 11. The summed E-state index contributed by atoms with van der Waals surface area (Å²) in [5, 5.41) is 33.8. The van der Waals surface area contributed by atoms with Crippen LogP contribution in [0.3, 0.4) is 0 Å². The topological polar surface area (TPSA) is 173 Å². The summed E-state index contributed by atoms with van der Waals surface area (Å²) in [7, 11) is -2.97. The molecule has 4 N–H and O–H groups in total. The maximum atomic E-state index is 14.7. The van der Waals surface area contributed by atoms with Gasteiger partial charge >= 0.3 is 13.7 Å². The molecule has 1 amide bonds. The molecule has 0 bridgehead atoms. The standard InChI is InChI=1S/C26H39N2O11P/c1-16(30)27-22-23(31)24(21(15-29)37-26(22)33)39-40(34,38-19-12-10-17(35-2)11-13-19)28-14-6-9-20(28)25(32)36-18-7-4-3-5-8-18/h10-13,18,20-24,26,29,31,33H,3-9,14-15H2,1-2H3,(H,27,30)/t20-,21+,22+,23+,24+,26?,40?/m0/s1. The fourth-order valence-corrected chi connectivity index (χ4v) is 7.53. The van der Waals surface area contributed by atoms with Gasteiger partial charge in [0, 0.05) is 13.5 Å². The van der Waals surface area contributed by atoms with Crippen LogP contribution in [-0.2, 0) is 28.2 Å². The zero-order valence-corrected chi connectivity index (χ0v) is 23.6. The number of methoxy groups -OCH3 is 1. The Bertz CT molecular complexity index is 1050. The zero-order chi connectivity index (χ0) is 28.9. The maximum absolute atomic E-state index is 14.7. The minimum Gasteiger partial charge on any atom is -0.497 e. The summed E-state index contributed by atoms with van der Waals surface area (Å²) in [4.78, 5) is 25.0. The van der Waals surface area contributed by atoms with E-state index in [0.717, 1.165) is 32.1 Å². The number of carbonyl (C=O) groups excluding carboxylic acids is 2. The van der Waals surface area contributed by atoms with Crippen LogP contribution in [0.4, 0.5) is 0 Å². The lowest BCUT2D eigenvalue weighted by atomic mass is 9.97. The quantitative estimate of drug-likeness (QED) is 0.230. The van der Waals surface area contributed by atoms with Gasteiger partial charge < -0.3 is 39.4 Å². The van der Waals surface area contributed by atoms with Gasteiger partial charge in [-0.3, -0.25) is 14.1 Å². The third-order valence-corrected chi connectivity index (χ3v) is 9.48. The van der Waals surface area contributed by atoms with E-state index in [1.165, 1.54) is 30.8 Å². The molecular weight excluding hydrogens is 547 g/mol. The number of nitrogens with zero attached hydrogens (tertiary/aromatic N) is 1. The highest BCUT2D eigenvalue weighted by Crippen LogP contribution is 2.57. The van der Waals surface area contributed by atoms with Crippen molar-refractivity contribution in [1.82, 2.24) is 9.99 Å². The van der Waals surface area contributed by atoms with E-state index in [-0.39, 0.29) is 18.4 Å². The number of aliphatic hydroxyl groups is 3. The average molecular weight is 587 g/mol. The third-order valence-electron chi connectivity index (χ3n) is 7.42. The van der Waals surface area contributed by atoms with Crippen molar-refractivity contribution < 1.29 is 52.7 Å². The Hall–Kier alpha value is -2.25. The van der Waals surface area contributed by atoms with E-state index in [1.54, 1.807) is 12.1 Å². The molecule has 14 heteroatoms. The molecule has 3 aliphatic rings. The summed E-state index contributed by atoms with van der Waals surface area (Å²) < 4.78 is 44.3. The van der Waals surface area contributed by atoms with Crippen molar-refractivity contribution in [1.29, 1.82) is 0 Å². The number of amides is 1. The lowest BCUT2D eigenvalue weighted by Gasteiger charge is -2.44. The van der Waals surface area contributed by atoms with Gasteiger partial charge in [0.15, 0.2) is 6.29 Å². The van der Waals surface area contributed by atoms with Gasteiger partial charge in [-0.25, -0.2) is 4.57 Å². The highest BCUT2D eigenvalue weighted by atomic mass is 31.2. The maximum Gasteiger partial charge on any atom is 0.462 e. The van der Waals surface area contributed by atoms with Crippen molar-refractivity contribution in [3.8, 4) is 11.5 Å². The summed E-state index contributed by atoms with van der Waals surface area (Å²) in [6.45, 7) is 0.655. The van der Waals surface area contributed by atoms with E-state index in [9.17, 15) is 29.5 Å². The number of benzene rings is 1. The first-order valence-corrected chi connectivity index (χ1v) is 15.1. The SMILES string of the molecule is COc1ccc(OP(=O)(O[C@H]2[C@H](O)[C@@H](NC(C)=O)C(O)O[C@@H]2CO)N2CCC[C@H]2C(=O)OC2CCCCC2)cc1. The molecule has 1 aliphatic carbocycles. The van der Waals surface area contributed by atoms with E-state index >= 15 is 0 Å². The summed E-state index contributed by atoms with van der Waals surface area (Å²) in [5.74, 6) is -0.421. The number of carbonyl (C=O) groups is 2. The number of rotatable bonds is 10. The predicted molar refractivity (Wildman–Crippen MR) is 140 cm³/mol. The zero-order valence-electron chi connectivity index (χ0n) is 22.7. The number of ether oxygens (including phenoxy) is 3. The van der Waals surface area contributed by atoms with Gasteiger partial charge in [-0.05, 0) is 62.8 Å². The van der Waals surface area contributed by atoms with Crippen LogP contribution in [0.15, 0.2) is 24.3 Å². The fraction of sp³-hybridized carbons (Fsp3) is 0.692. The third kappa shape index (κ3) is 7.14. The summed E-state index contributed by atoms with van der Waals surface area (Å²) in [5.41, 5.74) is 0. The van der Waals surface area contributed by atoms with Crippen LogP contribution in [0.2, 0.25) is 0 Å². The largest absolute Gasteiger partial charge is 0.497 e. The summed E-state index contributed by atoms with van der Waals surface area (Å²) in [6.07, 6.45) is -0.922. The Morgan fingerprint density at radius 1 is 1.07 bits per heavy atom. The molecule has 0 aromatic heterocycles. The lowest BCUT2D eigenvalue weighted by molar-refractivity contribution is -0.250. The van der Waals surface area contributed by atoms with E-state index in [2.05, 4.69) is 5.32 Å². The van der Waals surface area contributed by atoms with Gasteiger partial charge in [0.25, 0.3) is 0 Å². The molecule has 1 saturated carbocycles. The summed E-state index contributed by atoms with van der Waals surface area (Å²) in [6, 6.07) is 3.94. The second-order valence-electron chi connectivity index (χ2n) is 10.3. The van der Waals surface area contributed by atoms with Crippen LogP contribution in [-0.4, -0.2) is 94.9 Å². The molecule has 0 radical (unpaired) electrons. The van der Waals surface area contributed by atoms with Crippen molar-refractivity contribution in [2.45, 2.75) is 94.7 Å². The first-order chi connectivity index (χ1) is 19.1. The van der Waals surface area contributed by atoms with E-state index < -0.39 is 62.9 Å². The molecule has 7 atom stereocenters. The van der Waals surface area contributed by atoms with Crippen molar-refractivity contribution in [2.24, 2.45) is 0 Å². The van der Waals surface area contributed by atoms with Crippen LogP contribution in [0.1, 0.15) is 51.9 Å². The first kappa shape index (κ1) is 30.7. The molecule has 0 spiro atoms. The minimum atomic E-state index is -4.47.